The van der Waals surface area contributed by atoms with Crippen molar-refractivity contribution in [1.29, 1.82) is 0 Å². The molecule has 0 radical (unpaired) electrons. The van der Waals surface area contributed by atoms with E-state index >= 15 is 0 Å². The number of benzene rings is 2. The van der Waals surface area contributed by atoms with E-state index in [2.05, 4.69) is 15.6 Å². The molecule has 0 saturated carbocycles. The van der Waals surface area contributed by atoms with Crippen LogP contribution in [-0.4, -0.2) is 16.8 Å². The first kappa shape index (κ1) is 18.0. The Morgan fingerprint density at radius 2 is 1.96 bits per heavy atom. The van der Waals surface area contributed by atoms with E-state index < -0.39 is 0 Å². The highest BCUT2D eigenvalue weighted by atomic mass is 32.2. The Hall–Kier alpha value is -3.38. The maximum absolute atomic E-state index is 12.4. The topological polar surface area (TPSA) is 71.1 Å². The highest BCUT2D eigenvalue weighted by Gasteiger charge is 2.22. The first-order chi connectivity index (χ1) is 13.7. The summed E-state index contributed by atoms with van der Waals surface area (Å²) >= 11 is 1.40. The summed E-state index contributed by atoms with van der Waals surface area (Å²) in [6.45, 7) is 0.398. The fraction of sp³-hybridized carbons (Fsp3) is 0.0455. The quantitative estimate of drug-likeness (QED) is 0.662. The number of thioether (sulfide) groups is 1. The van der Waals surface area contributed by atoms with Gasteiger partial charge in [-0.2, -0.15) is 0 Å². The zero-order valence-corrected chi connectivity index (χ0v) is 15.7. The Labute approximate surface area is 166 Å². The maximum Gasteiger partial charge on any atom is 0.262 e. The van der Waals surface area contributed by atoms with E-state index in [1.165, 1.54) is 11.8 Å². The van der Waals surface area contributed by atoms with E-state index in [9.17, 15) is 9.59 Å². The summed E-state index contributed by atoms with van der Waals surface area (Å²) in [6.07, 6.45) is 5.26. The Kier molecular flexibility index (Phi) is 5.21. The second-order valence-corrected chi connectivity index (χ2v) is 7.31. The Morgan fingerprint density at radius 3 is 2.75 bits per heavy atom. The third-order valence-corrected chi connectivity index (χ3v) is 5.31. The lowest BCUT2D eigenvalue weighted by molar-refractivity contribution is -0.112. The molecule has 6 heteroatoms. The van der Waals surface area contributed by atoms with Crippen molar-refractivity contribution >= 4 is 35.3 Å². The minimum absolute atomic E-state index is 0.172. The van der Waals surface area contributed by atoms with Gasteiger partial charge in [-0.1, -0.05) is 48.2 Å². The molecule has 2 N–H and O–H groups in total. The van der Waals surface area contributed by atoms with Crippen molar-refractivity contribution < 1.29 is 9.59 Å². The van der Waals surface area contributed by atoms with Gasteiger partial charge in [0.05, 0.1) is 10.6 Å². The van der Waals surface area contributed by atoms with Crippen molar-refractivity contribution in [3.63, 3.8) is 0 Å². The number of carbonyl (C=O) groups is 2. The Balaban J connectivity index is 1.49. The van der Waals surface area contributed by atoms with Crippen molar-refractivity contribution in [3.8, 4) is 0 Å². The lowest BCUT2D eigenvalue weighted by Gasteiger charge is -2.19. The van der Waals surface area contributed by atoms with Gasteiger partial charge < -0.3 is 10.6 Å². The van der Waals surface area contributed by atoms with Crippen LogP contribution in [0.25, 0.3) is 6.08 Å². The lowest BCUT2D eigenvalue weighted by Crippen LogP contribution is -2.24. The molecule has 4 rings (SSSR count). The summed E-state index contributed by atoms with van der Waals surface area (Å²) in [5.41, 5.74) is 3.04. The van der Waals surface area contributed by atoms with Crippen molar-refractivity contribution in [2.75, 3.05) is 5.32 Å². The van der Waals surface area contributed by atoms with Crippen molar-refractivity contribution in [2.45, 2.75) is 11.4 Å². The molecule has 1 aliphatic heterocycles. The molecular weight excluding hydrogens is 370 g/mol. The van der Waals surface area contributed by atoms with E-state index in [1.807, 2.05) is 54.6 Å². The van der Waals surface area contributed by atoms with Gasteiger partial charge in [0.15, 0.2) is 0 Å². The number of hydrogen-bond acceptors (Lipinski definition) is 4. The fourth-order valence-corrected chi connectivity index (χ4v) is 3.72. The van der Waals surface area contributed by atoms with Gasteiger partial charge in [-0.05, 0) is 41.5 Å². The van der Waals surface area contributed by atoms with Gasteiger partial charge in [0.2, 0.25) is 0 Å². The number of hydrogen-bond donors (Lipinski definition) is 2. The number of aromatic nitrogens is 1. The molecule has 0 fully saturated rings. The number of carbonyl (C=O) groups excluding carboxylic acids is 2. The van der Waals surface area contributed by atoms with E-state index in [0.29, 0.717) is 22.7 Å². The molecule has 0 saturated heterocycles. The van der Waals surface area contributed by atoms with Crippen LogP contribution >= 0.6 is 11.8 Å². The zero-order valence-electron chi connectivity index (χ0n) is 14.9. The average Bonchev–Trinajstić information content (AvgIpc) is 2.74. The summed E-state index contributed by atoms with van der Waals surface area (Å²) < 4.78 is 0. The van der Waals surface area contributed by atoms with Crippen LogP contribution in [0.3, 0.4) is 0 Å². The van der Waals surface area contributed by atoms with Crippen LogP contribution in [0.2, 0.25) is 0 Å². The molecule has 2 heterocycles. The predicted molar refractivity (Wildman–Crippen MR) is 111 cm³/mol. The highest BCUT2D eigenvalue weighted by Crippen LogP contribution is 2.39. The van der Waals surface area contributed by atoms with E-state index in [1.54, 1.807) is 24.5 Å². The van der Waals surface area contributed by atoms with Gasteiger partial charge in [-0.15, -0.1) is 0 Å². The number of nitrogens with one attached hydrogen (secondary N) is 2. The summed E-state index contributed by atoms with van der Waals surface area (Å²) in [6, 6.07) is 18.8. The van der Waals surface area contributed by atoms with Crippen LogP contribution in [0.1, 0.15) is 21.5 Å². The van der Waals surface area contributed by atoms with Crippen LogP contribution in [0, 0.1) is 0 Å². The normalized spacial score (nSPS) is 14.3. The lowest BCUT2D eigenvalue weighted by atomic mass is 10.1. The van der Waals surface area contributed by atoms with Crippen molar-refractivity contribution in [1.82, 2.24) is 10.3 Å². The molecule has 28 heavy (non-hydrogen) atoms. The van der Waals surface area contributed by atoms with Crippen molar-refractivity contribution in [2.24, 2.45) is 0 Å². The minimum atomic E-state index is -0.198. The van der Waals surface area contributed by atoms with Gasteiger partial charge in [0, 0.05) is 29.4 Å². The van der Waals surface area contributed by atoms with Gasteiger partial charge in [-0.25, -0.2) is 0 Å². The number of nitrogens with zero attached hydrogens (tertiary/aromatic N) is 1. The number of anilines is 1. The first-order valence-electron chi connectivity index (χ1n) is 8.76. The van der Waals surface area contributed by atoms with Crippen LogP contribution < -0.4 is 10.6 Å². The number of rotatable bonds is 4. The van der Waals surface area contributed by atoms with E-state index in [4.69, 9.17) is 0 Å². The largest absolute Gasteiger partial charge is 0.348 e. The molecule has 5 nitrogen and oxygen atoms in total. The smallest absolute Gasteiger partial charge is 0.262 e. The minimum Gasteiger partial charge on any atom is -0.348 e. The molecule has 0 unspecified atom stereocenters. The van der Waals surface area contributed by atoms with Gasteiger partial charge in [0.25, 0.3) is 11.8 Å². The molecule has 1 aromatic heterocycles. The highest BCUT2D eigenvalue weighted by molar-refractivity contribution is 8.04. The van der Waals surface area contributed by atoms with E-state index in [0.717, 1.165) is 16.0 Å². The second kappa shape index (κ2) is 8.10. The van der Waals surface area contributed by atoms with Gasteiger partial charge >= 0.3 is 0 Å². The molecule has 0 bridgehead atoms. The summed E-state index contributed by atoms with van der Waals surface area (Å²) in [5, 5.41) is 5.75. The number of pyridine rings is 1. The fourth-order valence-electron chi connectivity index (χ4n) is 2.79. The number of fused-ring (bicyclic) bond motifs is 1. The first-order valence-corrected chi connectivity index (χ1v) is 9.58. The molecule has 0 atom stereocenters. The third-order valence-electron chi connectivity index (χ3n) is 4.21. The standard InChI is InChI=1S/C22H17N3O2S/c26-21(24-14-16-7-4-10-23-13-16)17-8-9-19-18(12-17)25-22(27)20(28-19)11-15-5-2-1-3-6-15/h1-13H,14H2,(H,24,26)(H,25,27)/b20-11-. The van der Waals surface area contributed by atoms with Gasteiger partial charge in [0.1, 0.15) is 0 Å². The maximum atomic E-state index is 12.4. The van der Waals surface area contributed by atoms with Crippen LogP contribution in [-0.2, 0) is 11.3 Å². The summed E-state index contributed by atoms with van der Waals surface area (Å²) in [7, 11) is 0. The summed E-state index contributed by atoms with van der Waals surface area (Å²) in [5.74, 6) is -0.370. The third kappa shape index (κ3) is 4.13. The van der Waals surface area contributed by atoms with E-state index in [-0.39, 0.29) is 11.8 Å². The predicted octanol–water partition coefficient (Wildman–Crippen LogP) is 4.10. The molecular formula is C22H17N3O2S. The SMILES string of the molecule is O=C1Nc2cc(C(=O)NCc3cccnc3)ccc2S/C1=C\c1ccccc1. The van der Waals surface area contributed by atoms with Crippen molar-refractivity contribution in [3.05, 3.63) is 94.7 Å². The second-order valence-electron chi connectivity index (χ2n) is 6.23. The molecule has 0 spiro atoms. The molecule has 138 valence electrons. The molecule has 1 aliphatic rings. The number of amides is 2. The molecule has 0 aliphatic carbocycles. The molecule has 3 aromatic rings. The van der Waals surface area contributed by atoms with Crippen LogP contribution in [0.5, 0.6) is 0 Å². The Morgan fingerprint density at radius 1 is 1.11 bits per heavy atom. The van der Waals surface area contributed by atoms with Gasteiger partial charge in [-0.3, -0.25) is 14.6 Å². The Bertz CT molecular complexity index is 1050. The van der Waals surface area contributed by atoms with Crippen LogP contribution in [0.15, 0.2) is 82.9 Å². The zero-order chi connectivity index (χ0) is 19.3. The molecule has 2 aromatic carbocycles. The monoisotopic (exact) mass is 387 g/mol. The average molecular weight is 387 g/mol. The molecule has 2 amide bonds. The van der Waals surface area contributed by atoms with Crippen LogP contribution in [0.4, 0.5) is 5.69 Å². The summed E-state index contributed by atoms with van der Waals surface area (Å²) in [4.78, 5) is 30.4.